The Balaban J connectivity index is 1.79. The number of aryl methyl sites for hydroxylation is 1. The number of anilines is 1. The summed E-state index contributed by atoms with van der Waals surface area (Å²) in [7, 11) is -3.86. The van der Waals surface area contributed by atoms with Crippen LogP contribution in [-0.4, -0.2) is 38.2 Å². The molecule has 0 aliphatic carbocycles. The van der Waals surface area contributed by atoms with Gasteiger partial charge in [-0.25, -0.2) is 18.5 Å². The van der Waals surface area contributed by atoms with Crippen molar-refractivity contribution in [2.24, 2.45) is 5.14 Å². The van der Waals surface area contributed by atoms with Crippen LogP contribution < -0.4 is 10.0 Å². The lowest BCUT2D eigenvalue weighted by Crippen LogP contribution is -2.34. The van der Waals surface area contributed by atoms with E-state index in [-0.39, 0.29) is 4.90 Å². The maximum atomic E-state index is 13.3. The molecule has 7 nitrogen and oxygen atoms in total. The van der Waals surface area contributed by atoms with Crippen molar-refractivity contribution >= 4 is 33.1 Å². The molecule has 1 fully saturated rings. The van der Waals surface area contributed by atoms with Crippen LogP contribution in [0.15, 0.2) is 59.1 Å². The van der Waals surface area contributed by atoms with Crippen LogP contribution in [0.5, 0.6) is 0 Å². The van der Waals surface area contributed by atoms with Gasteiger partial charge in [-0.05, 0) is 49.6 Å². The molecule has 2 N–H and O–H groups in total. The summed E-state index contributed by atoms with van der Waals surface area (Å²) < 4.78 is 23.0. The van der Waals surface area contributed by atoms with Crippen molar-refractivity contribution < 1.29 is 18.0 Å². The van der Waals surface area contributed by atoms with Gasteiger partial charge in [0.15, 0.2) is 0 Å². The van der Waals surface area contributed by atoms with Crippen molar-refractivity contribution in [1.82, 2.24) is 4.90 Å². The Bertz CT molecular complexity index is 1110. The number of amides is 2. The van der Waals surface area contributed by atoms with Crippen LogP contribution in [-0.2, 0) is 19.6 Å². The zero-order chi connectivity index (χ0) is 20.8. The Morgan fingerprint density at radius 1 is 0.862 bits per heavy atom. The molecule has 29 heavy (non-hydrogen) atoms. The Labute approximate surface area is 169 Å². The van der Waals surface area contributed by atoms with E-state index in [1.807, 2.05) is 36.1 Å². The fraction of sp³-hybridized carbons (Fsp3) is 0.238. The van der Waals surface area contributed by atoms with Crippen LogP contribution >= 0.6 is 0 Å². The van der Waals surface area contributed by atoms with Gasteiger partial charge in [0.25, 0.3) is 11.8 Å². The number of likely N-dealkylation sites (tertiary alicyclic amines) is 1. The lowest BCUT2D eigenvalue weighted by Gasteiger charge is -2.20. The van der Waals surface area contributed by atoms with Gasteiger partial charge in [-0.3, -0.25) is 9.59 Å². The summed E-state index contributed by atoms with van der Waals surface area (Å²) in [5.41, 5.74) is 2.86. The summed E-state index contributed by atoms with van der Waals surface area (Å²) in [4.78, 5) is 29.6. The number of nitrogens with two attached hydrogens (primary N) is 1. The van der Waals surface area contributed by atoms with Gasteiger partial charge in [0.2, 0.25) is 10.0 Å². The Hall–Kier alpha value is -2.97. The molecule has 2 aliphatic rings. The molecule has 2 heterocycles. The van der Waals surface area contributed by atoms with Crippen molar-refractivity contribution in [2.45, 2.75) is 24.7 Å². The van der Waals surface area contributed by atoms with E-state index >= 15 is 0 Å². The van der Waals surface area contributed by atoms with Gasteiger partial charge < -0.3 is 4.90 Å². The van der Waals surface area contributed by atoms with Crippen molar-refractivity contribution in [3.8, 4) is 0 Å². The van der Waals surface area contributed by atoms with Crippen LogP contribution in [0.2, 0.25) is 0 Å². The molecule has 1 saturated heterocycles. The first kappa shape index (κ1) is 19.4. The largest absolute Gasteiger partial charge is 0.366 e. The van der Waals surface area contributed by atoms with Gasteiger partial charge in [-0.1, -0.05) is 29.8 Å². The Morgan fingerprint density at radius 3 is 2.00 bits per heavy atom. The minimum Gasteiger partial charge on any atom is -0.366 e. The fourth-order valence-corrected chi connectivity index (χ4v) is 4.27. The van der Waals surface area contributed by atoms with Crippen molar-refractivity contribution in [3.05, 3.63) is 65.4 Å². The van der Waals surface area contributed by atoms with Crippen molar-refractivity contribution in [3.63, 3.8) is 0 Å². The number of hydrogen-bond donors (Lipinski definition) is 1. The van der Waals surface area contributed by atoms with E-state index in [1.54, 1.807) is 0 Å². The zero-order valence-electron chi connectivity index (χ0n) is 16.0. The van der Waals surface area contributed by atoms with Gasteiger partial charge in [-0.15, -0.1) is 0 Å². The molecule has 150 valence electrons. The van der Waals surface area contributed by atoms with E-state index in [2.05, 4.69) is 0 Å². The second-order valence-corrected chi connectivity index (χ2v) is 8.83. The number of hydrogen-bond acceptors (Lipinski definition) is 5. The molecule has 0 saturated carbocycles. The summed E-state index contributed by atoms with van der Waals surface area (Å²) in [5, 5.41) is 5.14. The molecule has 8 heteroatoms. The monoisotopic (exact) mass is 411 g/mol. The number of rotatable bonds is 4. The number of carbonyl (C=O) groups excluding carboxylic acids is 2. The number of primary sulfonamides is 1. The number of sulfonamides is 1. The first-order chi connectivity index (χ1) is 13.8. The third-order valence-electron chi connectivity index (χ3n) is 5.25. The lowest BCUT2D eigenvalue weighted by atomic mass is 10.0. The average molecular weight is 411 g/mol. The van der Waals surface area contributed by atoms with E-state index in [0.29, 0.717) is 22.5 Å². The highest BCUT2D eigenvalue weighted by atomic mass is 32.2. The van der Waals surface area contributed by atoms with Crippen LogP contribution in [0.4, 0.5) is 5.69 Å². The maximum Gasteiger partial charge on any atom is 0.282 e. The maximum absolute atomic E-state index is 13.3. The second kappa shape index (κ2) is 7.13. The van der Waals surface area contributed by atoms with Crippen LogP contribution in [0, 0.1) is 6.92 Å². The minimum atomic E-state index is -3.86. The number of benzene rings is 2. The average Bonchev–Trinajstić information content (AvgIpc) is 3.28. The SMILES string of the molecule is Cc1ccc(C2=C(N3CCCC3)C(=O)N(c3ccc(S(N)(=O)=O)cc3)C2=O)cc1. The summed E-state index contributed by atoms with van der Waals surface area (Å²) in [6, 6.07) is 13.0. The molecule has 0 atom stereocenters. The van der Waals surface area contributed by atoms with Crippen LogP contribution in [0.3, 0.4) is 0 Å². The molecule has 2 aromatic rings. The summed E-state index contributed by atoms with van der Waals surface area (Å²) in [6.45, 7) is 3.41. The highest BCUT2D eigenvalue weighted by molar-refractivity contribution is 7.89. The topological polar surface area (TPSA) is 101 Å². The molecule has 0 radical (unpaired) electrons. The third-order valence-corrected chi connectivity index (χ3v) is 6.17. The highest BCUT2D eigenvalue weighted by Crippen LogP contribution is 2.36. The van der Waals surface area contributed by atoms with Crippen LogP contribution in [0.25, 0.3) is 5.57 Å². The van der Waals surface area contributed by atoms with E-state index in [1.165, 1.54) is 24.3 Å². The van der Waals surface area contributed by atoms with E-state index in [4.69, 9.17) is 5.14 Å². The molecule has 2 amide bonds. The number of nitrogens with zero attached hydrogens (tertiary/aromatic N) is 2. The zero-order valence-corrected chi connectivity index (χ0v) is 16.8. The van der Waals surface area contributed by atoms with Gasteiger partial charge >= 0.3 is 0 Å². The highest BCUT2D eigenvalue weighted by Gasteiger charge is 2.42. The fourth-order valence-electron chi connectivity index (χ4n) is 3.75. The number of carbonyl (C=O) groups is 2. The van der Waals surface area contributed by atoms with E-state index < -0.39 is 21.8 Å². The molecule has 0 spiro atoms. The number of imide groups is 1. The predicted octanol–water partition coefficient (Wildman–Crippen LogP) is 2.02. The smallest absolute Gasteiger partial charge is 0.282 e. The molecule has 0 unspecified atom stereocenters. The third kappa shape index (κ3) is 3.45. The minimum absolute atomic E-state index is 0.0770. The van der Waals surface area contributed by atoms with E-state index in [0.717, 1.165) is 36.4 Å². The molecule has 2 aromatic carbocycles. The molecule has 2 aliphatic heterocycles. The second-order valence-electron chi connectivity index (χ2n) is 7.27. The molecular formula is C21H21N3O4S. The first-order valence-electron chi connectivity index (χ1n) is 9.35. The molecular weight excluding hydrogens is 390 g/mol. The predicted molar refractivity (Wildman–Crippen MR) is 109 cm³/mol. The molecule has 0 aromatic heterocycles. The summed E-state index contributed by atoms with van der Waals surface area (Å²) in [5.74, 6) is -0.806. The quantitative estimate of drug-likeness (QED) is 0.776. The van der Waals surface area contributed by atoms with Crippen LogP contribution in [0.1, 0.15) is 24.0 Å². The first-order valence-corrected chi connectivity index (χ1v) is 10.9. The van der Waals surface area contributed by atoms with Crippen molar-refractivity contribution in [1.29, 1.82) is 0 Å². The van der Waals surface area contributed by atoms with E-state index in [9.17, 15) is 18.0 Å². The summed E-state index contributed by atoms with van der Waals surface area (Å²) in [6.07, 6.45) is 1.93. The normalized spacial score (nSPS) is 17.6. The Kier molecular flexibility index (Phi) is 4.76. The van der Waals surface area contributed by atoms with Gasteiger partial charge in [0, 0.05) is 13.1 Å². The summed E-state index contributed by atoms with van der Waals surface area (Å²) >= 11 is 0. The molecule has 0 bridgehead atoms. The van der Waals surface area contributed by atoms with Gasteiger partial charge in [0.1, 0.15) is 5.70 Å². The standard InChI is InChI=1S/C21H21N3O4S/c1-14-4-6-15(7-5-14)18-19(23-12-2-3-13-23)21(26)24(20(18)25)16-8-10-17(11-9-16)29(22,27)28/h4-11H,2-3,12-13H2,1H3,(H2,22,27,28). The van der Waals surface area contributed by atoms with Crippen molar-refractivity contribution in [2.75, 3.05) is 18.0 Å². The van der Waals surface area contributed by atoms with Gasteiger partial charge in [-0.2, -0.15) is 0 Å². The lowest BCUT2D eigenvalue weighted by molar-refractivity contribution is -0.120. The Morgan fingerprint density at radius 2 is 1.45 bits per heavy atom. The van der Waals surface area contributed by atoms with Gasteiger partial charge in [0.05, 0.1) is 16.2 Å². The molecule has 4 rings (SSSR count).